The molecule has 0 saturated carbocycles. The number of rotatable bonds is 5. The first-order chi connectivity index (χ1) is 13.0. The number of nitrogens with zero attached hydrogens (tertiary/aromatic N) is 1. The number of piperidine rings is 1. The minimum absolute atomic E-state index is 0.109. The lowest BCUT2D eigenvalue weighted by Crippen LogP contribution is -2.43. The fourth-order valence-corrected chi connectivity index (χ4v) is 3.02. The third-order valence-electron chi connectivity index (χ3n) is 4.57. The van der Waals surface area contributed by atoms with Gasteiger partial charge in [0.05, 0.1) is 31.7 Å². The van der Waals surface area contributed by atoms with E-state index in [4.69, 9.17) is 19.6 Å². The topological polar surface area (TPSA) is 107 Å². The number of nitrogens with two attached hydrogens (primary N) is 1. The molecule has 2 amide bonds. The molecule has 0 atom stereocenters. The minimum Gasteiger partial charge on any atom is -0.493 e. The van der Waals surface area contributed by atoms with E-state index in [-0.39, 0.29) is 17.7 Å². The van der Waals surface area contributed by atoms with E-state index in [1.165, 1.54) is 20.5 Å². The van der Waals surface area contributed by atoms with Crippen molar-refractivity contribution in [2.24, 2.45) is 5.73 Å². The summed E-state index contributed by atoms with van der Waals surface area (Å²) in [6.07, 6.45) is 2.90. The normalized spacial score (nSPS) is 14.7. The summed E-state index contributed by atoms with van der Waals surface area (Å²) in [4.78, 5) is 27.2. The second-order valence-electron chi connectivity index (χ2n) is 6.31. The molecule has 1 aliphatic heterocycles. The molecule has 1 aromatic carbocycles. The summed E-state index contributed by atoms with van der Waals surface area (Å²) < 4.78 is 15.7. The Labute approximate surface area is 157 Å². The van der Waals surface area contributed by atoms with Crippen molar-refractivity contribution in [2.75, 3.05) is 32.6 Å². The average Bonchev–Trinajstić information content (AvgIpc) is 3.22. The number of benzene rings is 1. The highest BCUT2D eigenvalue weighted by atomic mass is 16.5. The number of ether oxygens (including phenoxy) is 2. The number of likely N-dealkylation sites (tertiary alicyclic amines) is 1. The lowest BCUT2D eigenvalue weighted by Gasteiger charge is -2.31. The molecule has 1 saturated heterocycles. The first kappa shape index (κ1) is 18.8. The Morgan fingerprint density at radius 1 is 1.19 bits per heavy atom. The first-order valence-electron chi connectivity index (χ1n) is 8.69. The van der Waals surface area contributed by atoms with Crippen LogP contribution in [0, 0.1) is 0 Å². The van der Waals surface area contributed by atoms with Crippen LogP contribution in [-0.2, 0) is 0 Å². The summed E-state index contributed by atoms with van der Waals surface area (Å²) in [5.74, 6) is 0.307. The van der Waals surface area contributed by atoms with Crippen molar-refractivity contribution in [3.05, 3.63) is 41.9 Å². The number of anilines is 1. The van der Waals surface area contributed by atoms with E-state index in [0.717, 1.165) is 12.8 Å². The summed E-state index contributed by atoms with van der Waals surface area (Å²) in [6, 6.07) is 6.42. The van der Waals surface area contributed by atoms with Gasteiger partial charge in [0, 0.05) is 25.2 Å². The third-order valence-corrected chi connectivity index (χ3v) is 4.57. The molecule has 144 valence electrons. The zero-order valence-electron chi connectivity index (χ0n) is 15.4. The predicted octanol–water partition coefficient (Wildman–Crippen LogP) is 2.11. The van der Waals surface area contributed by atoms with Crippen LogP contribution in [0.2, 0.25) is 0 Å². The number of methoxy groups -OCH3 is 2. The van der Waals surface area contributed by atoms with E-state index in [0.29, 0.717) is 35.8 Å². The van der Waals surface area contributed by atoms with Gasteiger partial charge in [0.1, 0.15) is 0 Å². The van der Waals surface area contributed by atoms with Gasteiger partial charge in [-0.25, -0.2) is 0 Å². The Balaban J connectivity index is 1.94. The van der Waals surface area contributed by atoms with E-state index < -0.39 is 5.91 Å². The van der Waals surface area contributed by atoms with Crippen LogP contribution in [0.3, 0.4) is 0 Å². The second-order valence-corrected chi connectivity index (χ2v) is 6.31. The molecule has 0 spiro atoms. The van der Waals surface area contributed by atoms with Crippen LogP contribution in [0.1, 0.15) is 33.8 Å². The third kappa shape index (κ3) is 4.06. The number of amides is 2. The number of nitrogens with one attached hydrogen (secondary N) is 1. The molecule has 0 aliphatic carbocycles. The number of hydrogen-bond donors (Lipinski definition) is 2. The van der Waals surface area contributed by atoms with Gasteiger partial charge < -0.3 is 29.8 Å². The number of carbonyl (C=O) groups excluding carboxylic acids is 2. The molecular formula is C19H23N3O5. The second kappa shape index (κ2) is 8.13. The van der Waals surface area contributed by atoms with E-state index >= 15 is 0 Å². The molecule has 1 aromatic heterocycles. The molecule has 0 unspecified atom stereocenters. The van der Waals surface area contributed by atoms with Crippen molar-refractivity contribution in [2.45, 2.75) is 18.9 Å². The maximum Gasteiger partial charge on any atom is 0.291 e. The maximum atomic E-state index is 13.1. The van der Waals surface area contributed by atoms with E-state index in [1.54, 1.807) is 29.2 Å². The van der Waals surface area contributed by atoms with E-state index in [9.17, 15) is 9.59 Å². The van der Waals surface area contributed by atoms with Gasteiger partial charge in [-0.05, 0) is 31.0 Å². The van der Waals surface area contributed by atoms with Gasteiger partial charge in [-0.2, -0.15) is 0 Å². The van der Waals surface area contributed by atoms with Crippen LogP contribution in [0.25, 0.3) is 0 Å². The maximum absolute atomic E-state index is 13.1. The molecule has 2 aromatic rings. The SMILES string of the molecule is COc1cc(NC(=O)c2ccco2)c(C(=O)N2CCC(N)CC2)cc1OC. The van der Waals surface area contributed by atoms with Gasteiger partial charge in [0.25, 0.3) is 11.8 Å². The molecule has 27 heavy (non-hydrogen) atoms. The number of hydrogen-bond acceptors (Lipinski definition) is 6. The highest BCUT2D eigenvalue weighted by molar-refractivity contribution is 6.08. The predicted molar refractivity (Wildman–Crippen MR) is 99.3 cm³/mol. The molecule has 1 fully saturated rings. The van der Waals surface area contributed by atoms with Crippen LogP contribution < -0.4 is 20.5 Å². The van der Waals surface area contributed by atoms with Gasteiger partial charge in [0.2, 0.25) is 0 Å². The highest BCUT2D eigenvalue weighted by Crippen LogP contribution is 2.34. The Morgan fingerprint density at radius 3 is 2.44 bits per heavy atom. The fourth-order valence-electron chi connectivity index (χ4n) is 3.02. The van der Waals surface area contributed by atoms with Crippen LogP contribution in [0.4, 0.5) is 5.69 Å². The first-order valence-corrected chi connectivity index (χ1v) is 8.69. The molecule has 3 N–H and O–H groups in total. The quantitative estimate of drug-likeness (QED) is 0.831. The molecule has 8 heteroatoms. The largest absolute Gasteiger partial charge is 0.493 e. The Morgan fingerprint density at radius 2 is 1.85 bits per heavy atom. The van der Waals surface area contributed by atoms with Crippen molar-refractivity contribution >= 4 is 17.5 Å². The zero-order chi connectivity index (χ0) is 19.4. The lowest BCUT2D eigenvalue weighted by molar-refractivity contribution is 0.0715. The van der Waals surface area contributed by atoms with Gasteiger partial charge in [-0.3, -0.25) is 9.59 Å². The van der Waals surface area contributed by atoms with Crippen molar-refractivity contribution < 1.29 is 23.5 Å². The molecule has 0 radical (unpaired) electrons. The van der Waals surface area contributed by atoms with Crippen molar-refractivity contribution in [3.63, 3.8) is 0 Å². The van der Waals surface area contributed by atoms with Crippen LogP contribution >= 0.6 is 0 Å². The van der Waals surface area contributed by atoms with E-state index in [1.807, 2.05) is 0 Å². The van der Waals surface area contributed by atoms with Gasteiger partial charge in [-0.15, -0.1) is 0 Å². The highest BCUT2D eigenvalue weighted by Gasteiger charge is 2.26. The Hall–Kier alpha value is -3.00. The van der Waals surface area contributed by atoms with Crippen molar-refractivity contribution in [3.8, 4) is 11.5 Å². The van der Waals surface area contributed by atoms with E-state index in [2.05, 4.69) is 5.32 Å². The molecule has 1 aliphatic rings. The Bertz CT molecular complexity index is 811. The monoisotopic (exact) mass is 373 g/mol. The number of furan rings is 1. The molecule has 8 nitrogen and oxygen atoms in total. The summed E-state index contributed by atoms with van der Waals surface area (Å²) in [5.41, 5.74) is 6.58. The molecule has 2 heterocycles. The molecule has 0 bridgehead atoms. The van der Waals surface area contributed by atoms with Crippen molar-refractivity contribution in [1.82, 2.24) is 4.90 Å². The smallest absolute Gasteiger partial charge is 0.291 e. The molecule has 3 rings (SSSR count). The number of carbonyl (C=O) groups is 2. The zero-order valence-corrected chi connectivity index (χ0v) is 15.4. The minimum atomic E-state index is -0.457. The van der Waals surface area contributed by atoms with Crippen molar-refractivity contribution in [1.29, 1.82) is 0 Å². The van der Waals surface area contributed by atoms with Gasteiger partial charge >= 0.3 is 0 Å². The fraction of sp³-hybridized carbons (Fsp3) is 0.368. The van der Waals surface area contributed by atoms with Gasteiger partial charge in [0.15, 0.2) is 17.3 Å². The molecular weight excluding hydrogens is 350 g/mol. The van der Waals surface area contributed by atoms with Crippen LogP contribution in [-0.4, -0.2) is 50.1 Å². The average molecular weight is 373 g/mol. The summed E-state index contributed by atoms with van der Waals surface area (Å²) in [7, 11) is 2.98. The summed E-state index contributed by atoms with van der Waals surface area (Å²) in [6.45, 7) is 1.14. The van der Waals surface area contributed by atoms with Gasteiger partial charge in [-0.1, -0.05) is 0 Å². The standard InChI is InChI=1S/C19H23N3O5/c1-25-16-10-13(19(24)22-7-5-12(20)6-8-22)14(11-17(16)26-2)21-18(23)15-4-3-9-27-15/h3-4,9-12H,5-8,20H2,1-2H3,(H,21,23). The summed E-state index contributed by atoms with van der Waals surface area (Å²) in [5, 5.41) is 2.73. The summed E-state index contributed by atoms with van der Waals surface area (Å²) >= 11 is 0. The Kier molecular flexibility index (Phi) is 5.66. The van der Waals surface area contributed by atoms with Crippen LogP contribution in [0.15, 0.2) is 34.9 Å². The van der Waals surface area contributed by atoms with Crippen LogP contribution in [0.5, 0.6) is 11.5 Å². The lowest BCUT2D eigenvalue weighted by atomic mass is 10.0.